The minimum Gasteiger partial charge on any atom is -0.382 e. The standard InChI is InChI=1S/C4H9NO4/c1-8-2-3(5)4(6)9-7/h3,7H,2,5H2,1H3/t3-/m0/s1. The van der Waals surface area contributed by atoms with Gasteiger partial charge in [-0.3, -0.25) is 4.89 Å². The summed E-state index contributed by atoms with van der Waals surface area (Å²) in [4.78, 5) is 13.5. The molecule has 0 radical (unpaired) electrons. The van der Waals surface area contributed by atoms with E-state index in [4.69, 9.17) is 11.0 Å². The van der Waals surface area contributed by atoms with Crippen molar-refractivity contribution in [2.24, 2.45) is 5.73 Å². The van der Waals surface area contributed by atoms with Gasteiger partial charge in [0, 0.05) is 7.11 Å². The molecule has 0 bridgehead atoms. The summed E-state index contributed by atoms with van der Waals surface area (Å²) in [6, 6.07) is -0.903. The van der Waals surface area contributed by atoms with Crippen LogP contribution in [0.1, 0.15) is 0 Å². The molecular formula is C4H9NO4. The molecule has 0 saturated heterocycles. The summed E-state index contributed by atoms with van der Waals surface area (Å²) in [5, 5.41) is 7.75. The Morgan fingerprint density at radius 1 is 1.89 bits per heavy atom. The highest BCUT2D eigenvalue weighted by Crippen LogP contribution is 1.82. The molecule has 0 rings (SSSR count). The van der Waals surface area contributed by atoms with Crippen LogP contribution in [0.3, 0.4) is 0 Å². The quantitative estimate of drug-likeness (QED) is 0.382. The molecule has 0 aliphatic carbocycles. The molecule has 9 heavy (non-hydrogen) atoms. The van der Waals surface area contributed by atoms with E-state index in [0.29, 0.717) is 0 Å². The van der Waals surface area contributed by atoms with Crippen LogP contribution in [0.2, 0.25) is 0 Å². The number of carbonyl (C=O) groups excluding carboxylic acids is 1. The van der Waals surface area contributed by atoms with Gasteiger partial charge in [-0.15, -0.1) is 0 Å². The molecule has 3 N–H and O–H groups in total. The summed E-state index contributed by atoms with van der Waals surface area (Å²) >= 11 is 0. The number of methoxy groups -OCH3 is 1. The van der Waals surface area contributed by atoms with Gasteiger partial charge in [0.05, 0.1) is 6.61 Å². The Morgan fingerprint density at radius 2 is 2.44 bits per heavy atom. The fourth-order valence-electron chi connectivity index (χ4n) is 0.315. The van der Waals surface area contributed by atoms with Gasteiger partial charge in [-0.2, -0.15) is 5.26 Å². The van der Waals surface area contributed by atoms with Crippen LogP contribution >= 0.6 is 0 Å². The highest BCUT2D eigenvalue weighted by atomic mass is 17.1. The van der Waals surface area contributed by atoms with E-state index < -0.39 is 12.0 Å². The zero-order chi connectivity index (χ0) is 7.28. The fraction of sp³-hybridized carbons (Fsp3) is 0.750. The Hall–Kier alpha value is -0.650. The van der Waals surface area contributed by atoms with Crippen molar-refractivity contribution in [2.75, 3.05) is 13.7 Å². The maximum Gasteiger partial charge on any atom is 0.360 e. The van der Waals surface area contributed by atoms with Gasteiger partial charge >= 0.3 is 5.97 Å². The number of ether oxygens (including phenoxy) is 1. The molecule has 0 spiro atoms. The normalized spacial score (nSPS) is 12.8. The monoisotopic (exact) mass is 135 g/mol. The topological polar surface area (TPSA) is 81.8 Å². The average molecular weight is 135 g/mol. The summed E-state index contributed by atoms with van der Waals surface area (Å²) in [6.45, 7) is 0.0411. The van der Waals surface area contributed by atoms with Gasteiger partial charge in [0.1, 0.15) is 6.04 Å². The van der Waals surface area contributed by atoms with Gasteiger partial charge in [0.25, 0.3) is 0 Å². The zero-order valence-electron chi connectivity index (χ0n) is 5.03. The number of rotatable bonds is 3. The van der Waals surface area contributed by atoms with E-state index in [-0.39, 0.29) is 6.61 Å². The fourth-order valence-corrected chi connectivity index (χ4v) is 0.315. The third kappa shape index (κ3) is 3.02. The van der Waals surface area contributed by atoms with Crippen molar-refractivity contribution < 1.29 is 19.7 Å². The third-order valence-corrected chi connectivity index (χ3v) is 0.739. The minimum absolute atomic E-state index is 0.0411. The Morgan fingerprint density at radius 3 is 2.78 bits per heavy atom. The lowest BCUT2D eigenvalue weighted by Gasteiger charge is -2.03. The Balaban J connectivity index is 3.45. The van der Waals surface area contributed by atoms with E-state index in [2.05, 4.69) is 9.62 Å². The largest absolute Gasteiger partial charge is 0.382 e. The first-order valence-corrected chi connectivity index (χ1v) is 2.32. The molecule has 0 heterocycles. The van der Waals surface area contributed by atoms with Crippen molar-refractivity contribution in [1.29, 1.82) is 0 Å². The van der Waals surface area contributed by atoms with E-state index in [9.17, 15) is 4.79 Å². The Kier molecular flexibility index (Phi) is 3.94. The lowest BCUT2D eigenvalue weighted by atomic mass is 10.3. The molecule has 0 aromatic heterocycles. The number of hydrogen-bond acceptors (Lipinski definition) is 5. The Bertz CT molecular complexity index is 94.6. The second-order valence-electron chi connectivity index (χ2n) is 1.47. The zero-order valence-corrected chi connectivity index (χ0v) is 5.03. The van der Waals surface area contributed by atoms with Crippen molar-refractivity contribution in [3.05, 3.63) is 0 Å². The second-order valence-corrected chi connectivity index (χ2v) is 1.47. The van der Waals surface area contributed by atoms with Gasteiger partial charge in [0.15, 0.2) is 0 Å². The minimum atomic E-state index is -0.903. The molecule has 5 heteroatoms. The van der Waals surface area contributed by atoms with Crippen LogP contribution in [-0.4, -0.2) is 31.0 Å². The molecule has 0 aliphatic rings. The van der Waals surface area contributed by atoms with Crippen LogP contribution in [0.25, 0.3) is 0 Å². The van der Waals surface area contributed by atoms with Gasteiger partial charge < -0.3 is 10.5 Å². The maximum atomic E-state index is 10.2. The van der Waals surface area contributed by atoms with Gasteiger partial charge in [-0.05, 0) is 0 Å². The van der Waals surface area contributed by atoms with Crippen molar-refractivity contribution in [1.82, 2.24) is 0 Å². The molecule has 0 fully saturated rings. The lowest BCUT2D eigenvalue weighted by molar-refractivity contribution is -0.236. The summed E-state index contributed by atoms with van der Waals surface area (Å²) in [5.74, 6) is -0.892. The molecular weight excluding hydrogens is 126 g/mol. The van der Waals surface area contributed by atoms with Crippen LogP contribution in [0.4, 0.5) is 0 Å². The van der Waals surface area contributed by atoms with Crippen LogP contribution in [-0.2, 0) is 14.4 Å². The van der Waals surface area contributed by atoms with E-state index in [1.54, 1.807) is 0 Å². The SMILES string of the molecule is COC[C@H](N)C(=O)OO. The predicted octanol–water partition coefficient (Wildman–Crippen LogP) is -1.02. The molecule has 0 aromatic rings. The number of carbonyl (C=O) groups is 1. The van der Waals surface area contributed by atoms with E-state index >= 15 is 0 Å². The van der Waals surface area contributed by atoms with Crippen LogP contribution < -0.4 is 5.73 Å². The molecule has 1 atom stereocenters. The summed E-state index contributed by atoms with van der Waals surface area (Å²) in [6.07, 6.45) is 0. The Labute approximate surface area is 52.3 Å². The average Bonchev–Trinajstić information content (AvgIpc) is 1.87. The van der Waals surface area contributed by atoms with Crippen LogP contribution in [0, 0.1) is 0 Å². The molecule has 0 aliphatic heterocycles. The molecule has 0 unspecified atom stereocenters. The molecule has 0 saturated carbocycles. The van der Waals surface area contributed by atoms with E-state index in [1.807, 2.05) is 0 Å². The van der Waals surface area contributed by atoms with Crippen molar-refractivity contribution in [3.8, 4) is 0 Å². The molecule has 5 nitrogen and oxygen atoms in total. The van der Waals surface area contributed by atoms with E-state index in [0.717, 1.165) is 0 Å². The molecule has 0 amide bonds. The van der Waals surface area contributed by atoms with Gasteiger partial charge in [-0.25, -0.2) is 4.79 Å². The van der Waals surface area contributed by atoms with Gasteiger partial charge in [-0.1, -0.05) is 0 Å². The smallest absolute Gasteiger partial charge is 0.360 e. The van der Waals surface area contributed by atoms with Crippen molar-refractivity contribution in [2.45, 2.75) is 6.04 Å². The second kappa shape index (κ2) is 4.25. The highest BCUT2D eigenvalue weighted by Gasteiger charge is 2.13. The molecule has 0 aromatic carbocycles. The van der Waals surface area contributed by atoms with Gasteiger partial charge in [0.2, 0.25) is 0 Å². The summed E-state index contributed by atoms with van der Waals surface area (Å²) in [7, 11) is 1.39. The summed E-state index contributed by atoms with van der Waals surface area (Å²) in [5.41, 5.74) is 5.08. The third-order valence-electron chi connectivity index (χ3n) is 0.739. The first-order chi connectivity index (χ1) is 4.22. The molecule has 54 valence electrons. The van der Waals surface area contributed by atoms with E-state index in [1.165, 1.54) is 7.11 Å². The number of nitrogens with two attached hydrogens (primary N) is 1. The first kappa shape index (κ1) is 8.35. The summed E-state index contributed by atoms with van der Waals surface area (Å²) < 4.78 is 4.49. The number of hydrogen-bond donors (Lipinski definition) is 2. The van der Waals surface area contributed by atoms with Crippen molar-refractivity contribution in [3.63, 3.8) is 0 Å². The highest BCUT2D eigenvalue weighted by molar-refractivity contribution is 5.74. The van der Waals surface area contributed by atoms with Crippen molar-refractivity contribution >= 4 is 5.97 Å². The maximum absolute atomic E-state index is 10.2. The van der Waals surface area contributed by atoms with Crippen LogP contribution in [0.15, 0.2) is 0 Å². The predicted molar refractivity (Wildman–Crippen MR) is 28.6 cm³/mol. The first-order valence-electron chi connectivity index (χ1n) is 2.32. The van der Waals surface area contributed by atoms with Crippen LogP contribution in [0.5, 0.6) is 0 Å². The lowest BCUT2D eigenvalue weighted by Crippen LogP contribution is -2.35.